The first-order chi connectivity index (χ1) is 17.9. The quantitative estimate of drug-likeness (QED) is 0.375. The fourth-order valence-electron chi connectivity index (χ4n) is 4.64. The van der Waals surface area contributed by atoms with Gasteiger partial charge in [0.15, 0.2) is 5.54 Å². The molecule has 10 heteroatoms. The van der Waals surface area contributed by atoms with E-state index in [0.717, 1.165) is 22.3 Å². The van der Waals surface area contributed by atoms with Crippen molar-refractivity contribution in [2.24, 2.45) is 0 Å². The van der Waals surface area contributed by atoms with Crippen molar-refractivity contribution in [3.05, 3.63) is 81.4 Å². The van der Waals surface area contributed by atoms with Crippen molar-refractivity contribution in [2.45, 2.75) is 38.1 Å². The smallest absolute Gasteiger partial charge is 0.334 e. The second-order valence-corrected chi connectivity index (χ2v) is 11.7. The van der Waals surface area contributed by atoms with E-state index in [-0.39, 0.29) is 10.8 Å². The summed E-state index contributed by atoms with van der Waals surface area (Å²) in [6, 6.07) is 14.0. The largest absolute Gasteiger partial charge is 0.467 e. The zero-order valence-electron chi connectivity index (χ0n) is 21.9. The minimum absolute atomic E-state index is 0.165. The predicted molar refractivity (Wildman–Crippen MR) is 148 cm³/mol. The first kappa shape index (κ1) is 27.6. The fourth-order valence-corrected chi connectivity index (χ4v) is 6.22. The number of benzene rings is 3. The molecule has 0 aromatic heterocycles. The van der Waals surface area contributed by atoms with Gasteiger partial charge in [-0.3, -0.25) is 9.52 Å². The summed E-state index contributed by atoms with van der Waals surface area (Å²) < 4.78 is 33.8. The zero-order chi connectivity index (χ0) is 27.8. The Morgan fingerprint density at radius 1 is 0.921 bits per heavy atom. The predicted octanol–water partition coefficient (Wildman–Crippen LogP) is 4.29. The highest BCUT2D eigenvalue weighted by Gasteiger charge is 2.47. The van der Waals surface area contributed by atoms with E-state index in [4.69, 9.17) is 16.3 Å². The lowest BCUT2D eigenvalue weighted by Crippen LogP contribution is -2.73. The molecule has 0 radical (unpaired) electrons. The average molecular weight is 556 g/mol. The number of carbonyl (C=O) groups excluding carboxylic acids is 2. The van der Waals surface area contributed by atoms with Gasteiger partial charge in [-0.05, 0) is 85.3 Å². The summed E-state index contributed by atoms with van der Waals surface area (Å²) in [7, 11) is -2.55. The van der Waals surface area contributed by atoms with Crippen LogP contribution >= 0.6 is 11.6 Å². The van der Waals surface area contributed by atoms with Crippen LogP contribution in [0.3, 0.4) is 0 Å². The number of ether oxygens (including phenoxy) is 1. The molecule has 200 valence electrons. The Morgan fingerprint density at radius 3 is 2.16 bits per heavy atom. The summed E-state index contributed by atoms with van der Waals surface area (Å²) in [6.45, 7) is 7.72. The number of anilines is 1. The van der Waals surface area contributed by atoms with Gasteiger partial charge in [-0.2, -0.15) is 0 Å². The van der Waals surface area contributed by atoms with Crippen LogP contribution in [-0.2, 0) is 19.6 Å². The fraction of sp³-hybridized carbons (Fsp3) is 0.286. The van der Waals surface area contributed by atoms with Crippen molar-refractivity contribution in [1.29, 1.82) is 0 Å². The van der Waals surface area contributed by atoms with Crippen molar-refractivity contribution in [1.82, 2.24) is 10.6 Å². The van der Waals surface area contributed by atoms with Crippen LogP contribution < -0.4 is 15.4 Å². The number of methoxy groups -OCH3 is 1. The average Bonchev–Trinajstić information content (AvgIpc) is 2.82. The highest BCUT2D eigenvalue weighted by molar-refractivity contribution is 7.92. The molecule has 0 atom stereocenters. The third-order valence-electron chi connectivity index (χ3n) is 6.74. The number of amides is 1. The van der Waals surface area contributed by atoms with Gasteiger partial charge < -0.3 is 15.4 Å². The standard InChI is InChI=1S/C28H30ClN3O5S/c1-16-12-24(17(2)11-23(16)29)38(35,36)32-22-8-6-7-20(13-22)21-9-18(3)25(19(4)10-21)26(33)31-28(14-30-15-28)27(34)37-5/h6-13,30,32H,14-15H2,1-5H3,(H,31,33). The lowest BCUT2D eigenvalue weighted by Gasteiger charge is -2.40. The number of rotatable bonds is 7. The molecular formula is C28H30ClN3O5S. The molecule has 3 N–H and O–H groups in total. The van der Waals surface area contributed by atoms with Gasteiger partial charge in [-0.25, -0.2) is 13.2 Å². The normalized spacial score (nSPS) is 14.4. The van der Waals surface area contributed by atoms with Gasteiger partial charge in [0, 0.05) is 29.4 Å². The van der Waals surface area contributed by atoms with E-state index in [2.05, 4.69) is 15.4 Å². The van der Waals surface area contributed by atoms with Crippen LogP contribution in [-0.4, -0.2) is 46.0 Å². The number of hydrogen-bond donors (Lipinski definition) is 3. The summed E-state index contributed by atoms with van der Waals surface area (Å²) in [4.78, 5) is 25.5. The monoisotopic (exact) mass is 555 g/mol. The van der Waals surface area contributed by atoms with Gasteiger partial charge in [0.05, 0.1) is 12.0 Å². The molecule has 38 heavy (non-hydrogen) atoms. The first-order valence-electron chi connectivity index (χ1n) is 12.0. The number of halogens is 1. The third-order valence-corrected chi connectivity index (χ3v) is 8.67. The van der Waals surface area contributed by atoms with Gasteiger partial charge >= 0.3 is 5.97 Å². The van der Waals surface area contributed by atoms with Crippen molar-refractivity contribution < 1.29 is 22.7 Å². The van der Waals surface area contributed by atoms with E-state index in [1.165, 1.54) is 7.11 Å². The number of aryl methyl sites for hydroxylation is 4. The zero-order valence-corrected chi connectivity index (χ0v) is 23.4. The highest BCUT2D eigenvalue weighted by Crippen LogP contribution is 2.30. The van der Waals surface area contributed by atoms with Crippen LogP contribution in [0.1, 0.15) is 32.6 Å². The van der Waals surface area contributed by atoms with E-state index >= 15 is 0 Å². The van der Waals surface area contributed by atoms with Crippen molar-refractivity contribution in [3.8, 4) is 11.1 Å². The van der Waals surface area contributed by atoms with Crippen LogP contribution in [0.25, 0.3) is 11.1 Å². The molecule has 0 spiro atoms. The Bertz CT molecular complexity index is 1530. The molecule has 0 aliphatic carbocycles. The second-order valence-electron chi connectivity index (χ2n) is 9.67. The van der Waals surface area contributed by atoms with Crippen LogP contribution in [0.5, 0.6) is 0 Å². The topological polar surface area (TPSA) is 114 Å². The van der Waals surface area contributed by atoms with Crippen LogP contribution in [0, 0.1) is 27.7 Å². The number of hydrogen-bond acceptors (Lipinski definition) is 6. The van der Waals surface area contributed by atoms with Crippen molar-refractivity contribution in [3.63, 3.8) is 0 Å². The van der Waals surface area contributed by atoms with Crippen LogP contribution in [0.2, 0.25) is 5.02 Å². The summed E-state index contributed by atoms with van der Waals surface area (Å²) in [6.07, 6.45) is 0. The van der Waals surface area contributed by atoms with E-state index in [9.17, 15) is 18.0 Å². The molecule has 8 nitrogen and oxygen atoms in total. The minimum atomic E-state index is -3.84. The molecule has 1 aliphatic rings. The molecule has 1 fully saturated rings. The maximum atomic E-state index is 13.1. The molecule has 1 aliphatic heterocycles. The van der Waals surface area contributed by atoms with Crippen molar-refractivity contribution in [2.75, 3.05) is 24.9 Å². The minimum Gasteiger partial charge on any atom is -0.467 e. The highest BCUT2D eigenvalue weighted by atomic mass is 35.5. The van der Waals surface area contributed by atoms with E-state index < -0.39 is 21.5 Å². The summed E-state index contributed by atoms with van der Waals surface area (Å²) in [5, 5.41) is 6.35. The van der Waals surface area contributed by atoms with Crippen molar-refractivity contribution >= 4 is 39.2 Å². The van der Waals surface area contributed by atoms with E-state index in [1.807, 2.05) is 32.0 Å². The van der Waals surface area contributed by atoms with Gasteiger partial charge in [-0.15, -0.1) is 0 Å². The molecule has 3 aromatic carbocycles. The lowest BCUT2D eigenvalue weighted by molar-refractivity contribution is -0.150. The molecule has 3 aromatic rings. The maximum Gasteiger partial charge on any atom is 0.334 e. The maximum absolute atomic E-state index is 13.1. The Kier molecular flexibility index (Phi) is 7.56. The SMILES string of the molecule is COC(=O)C1(NC(=O)c2c(C)cc(-c3cccc(NS(=O)(=O)c4cc(C)c(Cl)cc4C)c3)cc2C)CNC1. The molecular weight excluding hydrogens is 526 g/mol. The van der Waals surface area contributed by atoms with Crippen LogP contribution in [0.15, 0.2) is 53.4 Å². The summed E-state index contributed by atoms with van der Waals surface area (Å²) in [5.41, 5.74) is 4.09. The number of nitrogens with one attached hydrogen (secondary N) is 3. The molecule has 1 amide bonds. The third kappa shape index (κ3) is 5.27. The molecule has 1 heterocycles. The Morgan fingerprint density at radius 2 is 1.58 bits per heavy atom. The first-order valence-corrected chi connectivity index (χ1v) is 13.9. The van der Waals surface area contributed by atoms with E-state index in [0.29, 0.717) is 40.5 Å². The number of sulfonamides is 1. The van der Waals surface area contributed by atoms with Gasteiger partial charge in [-0.1, -0.05) is 35.9 Å². The molecule has 0 unspecified atom stereocenters. The van der Waals surface area contributed by atoms with Gasteiger partial charge in [0.2, 0.25) is 0 Å². The lowest BCUT2D eigenvalue weighted by atomic mass is 9.90. The summed E-state index contributed by atoms with van der Waals surface area (Å²) in [5.74, 6) is -0.840. The molecule has 4 rings (SSSR count). The molecule has 0 saturated carbocycles. The Balaban J connectivity index is 1.61. The number of carbonyl (C=O) groups is 2. The van der Waals surface area contributed by atoms with Gasteiger partial charge in [0.25, 0.3) is 15.9 Å². The number of esters is 1. The molecule has 1 saturated heterocycles. The Hall–Kier alpha value is -3.40. The van der Waals surface area contributed by atoms with Gasteiger partial charge in [0.1, 0.15) is 0 Å². The summed E-state index contributed by atoms with van der Waals surface area (Å²) >= 11 is 6.14. The van der Waals surface area contributed by atoms with Crippen LogP contribution in [0.4, 0.5) is 5.69 Å². The molecule has 0 bridgehead atoms. The Labute approximate surface area is 227 Å². The van der Waals surface area contributed by atoms with E-state index in [1.54, 1.807) is 44.2 Å². The second kappa shape index (κ2) is 10.4.